The van der Waals surface area contributed by atoms with Crippen LogP contribution in [0.5, 0.6) is 0 Å². The van der Waals surface area contributed by atoms with Gasteiger partial charge in [0, 0.05) is 43.1 Å². The summed E-state index contributed by atoms with van der Waals surface area (Å²) in [6.07, 6.45) is 0. The summed E-state index contributed by atoms with van der Waals surface area (Å²) in [4.78, 5) is 58.2. The summed E-state index contributed by atoms with van der Waals surface area (Å²) < 4.78 is 3.88. The lowest BCUT2D eigenvalue weighted by molar-refractivity contribution is 1.29. The summed E-state index contributed by atoms with van der Waals surface area (Å²) >= 11 is 0. The van der Waals surface area contributed by atoms with Gasteiger partial charge in [-0.15, -0.1) is 0 Å². The number of nitrogens with zero attached hydrogens (tertiary/aromatic N) is 4. The van der Waals surface area contributed by atoms with Crippen molar-refractivity contribution in [2.75, 3.05) is 0 Å². The molecule has 258 valence electrons. The summed E-state index contributed by atoms with van der Waals surface area (Å²) in [5.74, 6) is 0. The first-order valence-corrected chi connectivity index (χ1v) is 17.9. The van der Waals surface area contributed by atoms with Crippen molar-refractivity contribution < 1.29 is 0 Å². The van der Waals surface area contributed by atoms with Gasteiger partial charge in [-0.3, -0.25) is 19.2 Å². The predicted octanol–water partition coefficient (Wildman–Crippen LogP) is 8.50. The fourth-order valence-corrected chi connectivity index (χ4v) is 8.60. The molecule has 0 N–H and O–H groups in total. The van der Waals surface area contributed by atoms with E-state index in [-0.39, 0.29) is 21.7 Å². The molecule has 0 aliphatic rings. The molecule has 8 nitrogen and oxygen atoms in total. The van der Waals surface area contributed by atoms with E-state index in [2.05, 4.69) is 12.1 Å². The van der Waals surface area contributed by atoms with Crippen LogP contribution in [0.2, 0.25) is 0 Å². The van der Waals surface area contributed by atoms with Crippen molar-refractivity contribution in [1.29, 1.82) is 10.5 Å². The molecular formula is C48H22N4O4. The molecule has 11 rings (SSSR count). The highest BCUT2D eigenvalue weighted by Crippen LogP contribution is 2.35. The van der Waals surface area contributed by atoms with Crippen molar-refractivity contribution in [3.8, 4) is 34.4 Å². The number of aromatic nitrogens is 2. The van der Waals surface area contributed by atoms with Gasteiger partial charge in [-0.2, -0.15) is 10.5 Å². The lowest BCUT2D eigenvalue weighted by Crippen LogP contribution is -2.17. The van der Waals surface area contributed by atoms with Crippen LogP contribution < -0.4 is 21.7 Å². The maximum absolute atomic E-state index is 14.9. The molecule has 4 heterocycles. The lowest BCUT2D eigenvalue weighted by atomic mass is 9.95. The number of rotatable bonds is 2. The van der Waals surface area contributed by atoms with Gasteiger partial charge in [-0.25, -0.2) is 0 Å². The van der Waals surface area contributed by atoms with Crippen molar-refractivity contribution in [2.24, 2.45) is 0 Å². The Morgan fingerprint density at radius 3 is 1.07 bits per heavy atom. The molecule has 11 aromatic rings. The zero-order valence-electron chi connectivity index (χ0n) is 29.1. The van der Waals surface area contributed by atoms with Crippen LogP contribution in [0.1, 0.15) is 11.1 Å². The number of para-hydroxylation sites is 2. The van der Waals surface area contributed by atoms with Crippen LogP contribution in [0.3, 0.4) is 0 Å². The van der Waals surface area contributed by atoms with Gasteiger partial charge in [0.15, 0.2) is 21.7 Å². The number of nitriles is 2. The average molecular weight is 719 g/mol. The van der Waals surface area contributed by atoms with Crippen LogP contribution in [0.4, 0.5) is 0 Å². The van der Waals surface area contributed by atoms with Crippen LogP contribution >= 0.6 is 0 Å². The summed E-state index contributed by atoms with van der Waals surface area (Å²) in [7, 11) is 0. The second-order valence-electron chi connectivity index (χ2n) is 14.1. The maximum Gasteiger partial charge on any atom is 0.197 e. The monoisotopic (exact) mass is 718 g/mol. The van der Waals surface area contributed by atoms with Gasteiger partial charge >= 0.3 is 0 Å². The molecule has 0 aliphatic heterocycles. The third-order valence-corrected chi connectivity index (χ3v) is 11.2. The van der Waals surface area contributed by atoms with Crippen molar-refractivity contribution in [2.45, 2.75) is 0 Å². The van der Waals surface area contributed by atoms with Crippen LogP contribution in [0, 0.1) is 22.7 Å². The van der Waals surface area contributed by atoms with E-state index in [4.69, 9.17) is 0 Å². The molecule has 0 bridgehead atoms. The second-order valence-corrected chi connectivity index (χ2v) is 14.1. The standard InChI is InChI=1S/C48H22N4O4/c49-23-25-9-13-27(14-10-25)29-17-35-43-37(19-29)47(55)33-21-34-42(22-41(33)51(43)39-7-3-1-5-31(39)45(35)53)52-40-8-4-2-6-32(40)46(54)36-18-30(20-38(44(36)52)48(34)56)28-15-11-26(24-50)12-16-28/h1-22H. The molecule has 56 heavy (non-hydrogen) atoms. The Labute approximate surface area is 314 Å². The first-order chi connectivity index (χ1) is 27.3. The normalized spacial score (nSPS) is 11.8. The van der Waals surface area contributed by atoms with Crippen LogP contribution in [-0.4, -0.2) is 8.80 Å². The molecule has 0 unspecified atom stereocenters. The Balaban J connectivity index is 1.36. The van der Waals surface area contributed by atoms with E-state index in [0.717, 1.165) is 11.1 Å². The lowest BCUT2D eigenvalue weighted by Gasteiger charge is -2.18. The molecule has 7 aromatic carbocycles. The van der Waals surface area contributed by atoms with Crippen molar-refractivity contribution in [1.82, 2.24) is 8.80 Å². The molecule has 8 heteroatoms. The smallest absolute Gasteiger partial charge is 0.197 e. The van der Waals surface area contributed by atoms with E-state index < -0.39 is 0 Å². The quantitative estimate of drug-likeness (QED) is 0.130. The minimum atomic E-state index is -0.335. The largest absolute Gasteiger partial charge is 0.307 e. The van der Waals surface area contributed by atoms with Crippen molar-refractivity contribution in [3.63, 3.8) is 0 Å². The molecule has 0 amide bonds. The maximum atomic E-state index is 14.9. The fraction of sp³-hybridized carbons (Fsp3) is 0. The van der Waals surface area contributed by atoms with E-state index >= 15 is 0 Å². The highest BCUT2D eigenvalue weighted by Gasteiger charge is 2.23. The third-order valence-electron chi connectivity index (χ3n) is 11.2. The van der Waals surface area contributed by atoms with Gasteiger partial charge in [0.1, 0.15) is 0 Å². The highest BCUT2D eigenvalue weighted by molar-refractivity contribution is 6.14. The van der Waals surface area contributed by atoms with Gasteiger partial charge < -0.3 is 8.80 Å². The Bertz CT molecular complexity index is 3660. The molecule has 0 radical (unpaired) electrons. The number of pyridine rings is 4. The average Bonchev–Trinajstić information content (AvgIpc) is 3.25. The zero-order chi connectivity index (χ0) is 38.0. The summed E-state index contributed by atoms with van der Waals surface area (Å²) in [5.41, 5.74) is 5.81. The van der Waals surface area contributed by atoms with Gasteiger partial charge in [0.25, 0.3) is 0 Å². The molecule has 0 spiro atoms. The van der Waals surface area contributed by atoms with E-state index in [1.807, 2.05) is 39.1 Å². The van der Waals surface area contributed by atoms with E-state index in [0.29, 0.717) is 98.4 Å². The van der Waals surface area contributed by atoms with Crippen molar-refractivity contribution >= 4 is 76.2 Å². The third kappa shape index (κ3) is 4.10. The predicted molar refractivity (Wildman–Crippen MR) is 221 cm³/mol. The fourth-order valence-electron chi connectivity index (χ4n) is 8.60. The minimum absolute atomic E-state index is 0.215. The Kier molecular flexibility index (Phi) is 6.24. The molecule has 0 saturated heterocycles. The minimum Gasteiger partial charge on any atom is -0.307 e. The van der Waals surface area contributed by atoms with Gasteiger partial charge in [0.2, 0.25) is 0 Å². The first-order valence-electron chi connectivity index (χ1n) is 17.9. The van der Waals surface area contributed by atoms with E-state index in [9.17, 15) is 29.7 Å². The molecule has 0 fully saturated rings. The Morgan fingerprint density at radius 1 is 0.339 bits per heavy atom. The zero-order valence-corrected chi connectivity index (χ0v) is 29.1. The molecule has 0 saturated carbocycles. The van der Waals surface area contributed by atoms with Crippen molar-refractivity contribution in [3.05, 3.63) is 185 Å². The topological polar surface area (TPSA) is 125 Å². The number of hydrogen-bond acceptors (Lipinski definition) is 6. The highest BCUT2D eigenvalue weighted by atomic mass is 16.1. The summed E-state index contributed by atoms with van der Waals surface area (Å²) in [5, 5.41) is 21.7. The van der Waals surface area contributed by atoms with Crippen LogP contribution in [0.15, 0.2) is 153 Å². The first kappa shape index (κ1) is 31.3. The van der Waals surface area contributed by atoms with E-state index in [1.165, 1.54) is 0 Å². The van der Waals surface area contributed by atoms with Crippen LogP contribution in [-0.2, 0) is 0 Å². The van der Waals surface area contributed by atoms with E-state index in [1.54, 1.807) is 103 Å². The summed E-state index contributed by atoms with van der Waals surface area (Å²) in [6.45, 7) is 0. The number of hydrogen-bond donors (Lipinski definition) is 0. The number of benzene rings is 7. The number of fused-ring (bicyclic) bond motifs is 8. The summed E-state index contributed by atoms with van der Waals surface area (Å²) in [6, 6.07) is 43.4. The molecule has 4 aromatic heterocycles. The van der Waals surface area contributed by atoms with Crippen LogP contribution in [0.25, 0.3) is 98.4 Å². The molecular weight excluding hydrogens is 697 g/mol. The Hall–Kier alpha value is -8.20. The van der Waals surface area contributed by atoms with Gasteiger partial charge in [-0.05, 0) is 107 Å². The van der Waals surface area contributed by atoms with Gasteiger partial charge in [0.05, 0.1) is 56.4 Å². The Morgan fingerprint density at radius 2 is 0.696 bits per heavy atom. The second kappa shape index (κ2) is 11.2. The van der Waals surface area contributed by atoms with Gasteiger partial charge in [-0.1, -0.05) is 48.5 Å². The molecule has 0 aliphatic carbocycles. The SMILES string of the molecule is N#Cc1ccc(-c2cc3c(=O)c4ccccc4n4c5cc6c(cc5c(=O)c(c2)c34)c(=O)c2cc(-c3ccc(C#N)cc3)cc3c(=O)c4ccccc4n6c32)cc1. The molecule has 0 atom stereocenters.